The number of allylic oxidation sites excluding steroid dienone is 1. The van der Waals surface area contributed by atoms with E-state index in [4.69, 9.17) is 4.74 Å². The van der Waals surface area contributed by atoms with Gasteiger partial charge in [-0.25, -0.2) is 4.79 Å². The largest absolute Gasteiger partial charge is 0.459 e. The van der Waals surface area contributed by atoms with E-state index < -0.39 is 0 Å². The van der Waals surface area contributed by atoms with Crippen LogP contribution in [-0.2, 0) is 14.3 Å². The number of esters is 1. The van der Waals surface area contributed by atoms with E-state index in [9.17, 15) is 9.59 Å². The molecule has 0 bridgehead atoms. The van der Waals surface area contributed by atoms with Crippen LogP contribution in [0.25, 0.3) is 0 Å². The first kappa shape index (κ1) is 16.5. The smallest absolute Gasteiger partial charge is 0.330 e. The number of carbonyl (C=O) groups is 2. The van der Waals surface area contributed by atoms with E-state index in [1.165, 1.54) is 5.57 Å². The van der Waals surface area contributed by atoms with Crippen molar-refractivity contribution in [1.82, 2.24) is 5.32 Å². The molecule has 0 saturated heterocycles. The third-order valence-electron chi connectivity index (χ3n) is 5.68. The van der Waals surface area contributed by atoms with Crippen LogP contribution in [0, 0.1) is 10.8 Å². The summed E-state index contributed by atoms with van der Waals surface area (Å²) < 4.78 is 5.83. The lowest BCUT2D eigenvalue weighted by Crippen LogP contribution is -2.51. The second-order valence-electron chi connectivity index (χ2n) is 8.52. The molecule has 0 aromatic rings. The van der Waals surface area contributed by atoms with Crippen molar-refractivity contribution in [1.29, 1.82) is 0 Å². The number of amides is 1. The molecule has 1 amide bonds. The summed E-state index contributed by atoms with van der Waals surface area (Å²) in [5.41, 5.74) is 0.773. The van der Waals surface area contributed by atoms with Crippen molar-refractivity contribution in [2.75, 3.05) is 0 Å². The Morgan fingerprint density at radius 3 is 2.43 bits per heavy atom. The van der Waals surface area contributed by atoms with Gasteiger partial charge in [0.15, 0.2) is 0 Å². The van der Waals surface area contributed by atoms with Gasteiger partial charge < -0.3 is 10.1 Å². The van der Waals surface area contributed by atoms with Crippen molar-refractivity contribution >= 4 is 11.9 Å². The number of hydrogen-bond donors (Lipinski definition) is 1. The van der Waals surface area contributed by atoms with Crippen molar-refractivity contribution in [2.24, 2.45) is 10.8 Å². The molecule has 3 atom stereocenters. The van der Waals surface area contributed by atoms with Crippen molar-refractivity contribution in [3.05, 3.63) is 11.6 Å². The van der Waals surface area contributed by atoms with Crippen molar-refractivity contribution < 1.29 is 14.3 Å². The van der Waals surface area contributed by atoms with Crippen LogP contribution in [0.5, 0.6) is 0 Å². The molecule has 3 saturated carbocycles. The minimum Gasteiger partial charge on any atom is -0.459 e. The third kappa shape index (κ3) is 3.46. The maximum Gasteiger partial charge on any atom is 0.330 e. The predicted molar refractivity (Wildman–Crippen MR) is 88.7 cm³/mol. The van der Waals surface area contributed by atoms with Crippen molar-refractivity contribution in [3.63, 3.8) is 0 Å². The van der Waals surface area contributed by atoms with Crippen LogP contribution >= 0.6 is 0 Å². The molecule has 128 valence electrons. The second kappa shape index (κ2) is 5.95. The highest BCUT2D eigenvalue weighted by molar-refractivity contribution is 5.84. The second-order valence-corrected chi connectivity index (χ2v) is 8.52. The number of nitrogens with one attached hydrogen (secondary N) is 1. The van der Waals surface area contributed by atoms with Gasteiger partial charge in [0.25, 0.3) is 0 Å². The van der Waals surface area contributed by atoms with E-state index in [2.05, 4.69) is 5.32 Å². The van der Waals surface area contributed by atoms with E-state index in [0.29, 0.717) is 0 Å². The molecule has 4 nitrogen and oxygen atoms in total. The molecule has 3 aliphatic rings. The standard InChI is InChI=1S/C19H29NO3/c1-18(2,3)17(22)20-14-6-4-10-19(14)11-5-7-15(19)23-16(21)12-13-8-9-13/h12,14-15H,4-11H2,1-3H3,(H,20,22)/t14-,15-,19-/m1/s1. The van der Waals surface area contributed by atoms with E-state index in [0.717, 1.165) is 51.4 Å². The number of hydrogen-bond acceptors (Lipinski definition) is 3. The van der Waals surface area contributed by atoms with Crippen LogP contribution in [0.1, 0.15) is 72.1 Å². The highest BCUT2D eigenvalue weighted by Crippen LogP contribution is 2.52. The van der Waals surface area contributed by atoms with Crippen LogP contribution in [0.3, 0.4) is 0 Å². The first-order chi connectivity index (χ1) is 10.8. The maximum atomic E-state index is 12.4. The summed E-state index contributed by atoms with van der Waals surface area (Å²) in [6, 6.07) is 0.142. The molecule has 1 N–H and O–H groups in total. The van der Waals surface area contributed by atoms with E-state index in [1.54, 1.807) is 6.08 Å². The molecule has 3 fully saturated rings. The first-order valence-corrected chi connectivity index (χ1v) is 9.02. The molecule has 1 spiro atoms. The van der Waals surface area contributed by atoms with Gasteiger partial charge >= 0.3 is 5.97 Å². The lowest BCUT2D eigenvalue weighted by Gasteiger charge is -2.38. The van der Waals surface area contributed by atoms with Gasteiger partial charge in [0.05, 0.1) is 0 Å². The van der Waals surface area contributed by atoms with E-state index in [1.807, 2.05) is 20.8 Å². The van der Waals surface area contributed by atoms with Crippen LogP contribution < -0.4 is 5.32 Å². The first-order valence-electron chi connectivity index (χ1n) is 9.02. The molecule has 3 rings (SSSR count). The summed E-state index contributed by atoms with van der Waals surface area (Å²) in [5, 5.41) is 3.26. The molecule has 0 aliphatic heterocycles. The van der Waals surface area contributed by atoms with Crippen LogP contribution in [0.4, 0.5) is 0 Å². The molecular weight excluding hydrogens is 290 g/mol. The number of ether oxygens (including phenoxy) is 1. The monoisotopic (exact) mass is 319 g/mol. The highest BCUT2D eigenvalue weighted by Gasteiger charge is 2.53. The summed E-state index contributed by atoms with van der Waals surface area (Å²) >= 11 is 0. The molecule has 23 heavy (non-hydrogen) atoms. The van der Waals surface area contributed by atoms with Crippen LogP contribution in [0.15, 0.2) is 11.6 Å². The Bertz CT molecular complexity index is 521. The van der Waals surface area contributed by atoms with Gasteiger partial charge in [-0.15, -0.1) is 0 Å². The SMILES string of the molecule is CC(C)(C)C(=O)N[C@@H]1CCC[C@@]12CCC[C@H]2OC(=O)C=C1CC1. The molecule has 0 aromatic carbocycles. The summed E-state index contributed by atoms with van der Waals surface area (Å²) in [6.07, 6.45) is 9.91. The normalized spacial score (nSPS) is 32.9. The Hall–Kier alpha value is -1.32. The van der Waals surface area contributed by atoms with Gasteiger partial charge in [-0.05, 0) is 44.9 Å². The van der Waals surface area contributed by atoms with Crippen LogP contribution in [-0.4, -0.2) is 24.0 Å². The summed E-state index contributed by atoms with van der Waals surface area (Å²) in [7, 11) is 0. The van der Waals surface area contributed by atoms with E-state index >= 15 is 0 Å². The number of carbonyl (C=O) groups excluding carboxylic acids is 2. The summed E-state index contributed by atoms with van der Waals surface area (Å²) in [6.45, 7) is 5.83. The van der Waals surface area contributed by atoms with E-state index in [-0.39, 0.29) is 34.9 Å². The van der Waals surface area contributed by atoms with Gasteiger partial charge in [-0.1, -0.05) is 32.8 Å². The third-order valence-corrected chi connectivity index (χ3v) is 5.68. The van der Waals surface area contributed by atoms with Gasteiger partial charge in [0, 0.05) is 22.9 Å². The molecule has 0 heterocycles. The predicted octanol–water partition coefficient (Wildman–Crippen LogP) is 3.50. The lowest BCUT2D eigenvalue weighted by molar-refractivity contribution is -0.149. The zero-order valence-corrected chi connectivity index (χ0v) is 14.6. The van der Waals surface area contributed by atoms with Crippen LogP contribution in [0.2, 0.25) is 0 Å². The zero-order valence-electron chi connectivity index (χ0n) is 14.6. The van der Waals surface area contributed by atoms with Gasteiger partial charge in [0.2, 0.25) is 5.91 Å². The minimum absolute atomic E-state index is 0.0430. The minimum atomic E-state index is -0.384. The Balaban J connectivity index is 1.70. The lowest BCUT2D eigenvalue weighted by atomic mass is 9.78. The fourth-order valence-electron chi connectivity index (χ4n) is 4.17. The molecule has 0 aromatic heterocycles. The summed E-state index contributed by atoms with van der Waals surface area (Å²) in [5.74, 6) is -0.0857. The number of rotatable bonds is 3. The van der Waals surface area contributed by atoms with Crippen molar-refractivity contribution in [3.8, 4) is 0 Å². The fraction of sp³-hybridized carbons (Fsp3) is 0.789. The molecule has 4 heteroatoms. The Kier molecular flexibility index (Phi) is 4.28. The average Bonchev–Trinajstić information content (AvgIpc) is 3.04. The van der Waals surface area contributed by atoms with Gasteiger partial charge in [0.1, 0.15) is 6.10 Å². The summed E-state index contributed by atoms with van der Waals surface area (Å²) in [4.78, 5) is 24.5. The highest BCUT2D eigenvalue weighted by atomic mass is 16.5. The Labute approximate surface area is 139 Å². The average molecular weight is 319 g/mol. The molecular formula is C19H29NO3. The molecule has 0 unspecified atom stereocenters. The Morgan fingerprint density at radius 1 is 1.17 bits per heavy atom. The van der Waals surface area contributed by atoms with Gasteiger partial charge in [-0.2, -0.15) is 0 Å². The molecule has 3 aliphatic carbocycles. The van der Waals surface area contributed by atoms with Gasteiger partial charge in [-0.3, -0.25) is 4.79 Å². The fourth-order valence-corrected chi connectivity index (χ4v) is 4.17. The topological polar surface area (TPSA) is 55.4 Å². The maximum absolute atomic E-state index is 12.4. The zero-order chi connectivity index (χ0) is 16.7. The van der Waals surface area contributed by atoms with Crippen molar-refractivity contribution in [2.45, 2.75) is 84.3 Å². The quantitative estimate of drug-likeness (QED) is 0.640. The Morgan fingerprint density at radius 2 is 1.83 bits per heavy atom. The molecule has 0 radical (unpaired) electrons.